The molecule has 2 aromatic heterocycles. The molecule has 0 unspecified atom stereocenters. The maximum atomic E-state index is 12.4. The minimum absolute atomic E-state index is 0.0246. The molecule has 3 rings (SSSR count). The molecule has 3 heterocycles. The molecule has 1 aliphatic rings. The summed E-state index contributed by atoms with van der Waals surface area (Å²) in [5, 5.41) is 3.21. The number of amides is 1. The lowest BCUT2D eigenvalue weighted by atomic mass is 10.1. The second kappa shape index (κ2) is 8.02. The number of carbonyl (C=O) groups excluding carboxylic acids is 1. The van der Waals surface area contributed by atoms with Gasteiger partial charge in [-0.2, -0.15) is 0 Å². The number of rotatable bonds is 6. The lowest BCUT2D eigenvalue weighted by Crippen LogP contribution is -2.31. The first-order valence-corrected chi connectivity index (χ1v) is 8.48. The standard InChI is InChI=1S/C18H23N5O2/c1-13-5-3-8-20-18(13)22-16-12-19-11-14(21-16)15-6-4-9-23(15)17(24)7-10-25-2/h3,5,8,11-12,15H,4,6-7,9-10H2,1-2H3,(H,20,21,22)/t15-/m0/s1. The molecule has 0 aliphatic carbocycles. The fraction of sp³-hybridized carbons (Fsp3) is 0.444. The van der Waals surface area contributed by atoms with E-state index in [9.17, 15) is 4.79 Å². The number of aromatic nitrogens is 3. The molecule has 0 spiro atoms. The van der Waals surface area contributed by atoms with Crippen LogP contribution in [0.5, 0.6) is 0 Å². The Morgan fingerprint density at radius 3 is 3.12 bits per heavy atom. The van der Waals surface area contributed by atoms with Crippen LogP contribution in [-0.2, 0) is 9.53 Å². The molecule has 25 heavy (non-hydrogen) atoms. The number of hydrogen-bond donors (Lipinski definition) is 1. The zero-order chi connectivity index (χ0) is 17.6. The van der Waals surface area contributed by atoms with Gasteiger partial charge in [0, 0.05) is 19.9 Å². The van der Waals surface area contributed by atoms with Gasteiger partial charge in [-0.15, -0.1) is 0 Å². The Morgan fingerprint density at radius 1 is 1.44 bits per heavy atom. The van der Waals surface area contributed by atoms with Crippen molar-refractivity contribution < 1.29 is 9.53 Å². The zero-order valence-corrected chi connectivity index (χ0v) is 14.6. The molecule has 132 valence electrons. The number of hydrogen-bond acceptors (Lipinski definition) is 6. The number of nitrogens with one attached hydrogen (secondary N) is 1. The van der Waals surface area contributed by atoms with Crippen LogP contribution < -0.4 is 5.32 Å². The highest BCUT2D eigenvalue weighted by atomic mass is 16.5. The number of anilines is 2. The summed E-state index contributed by atoms with van der Waals surface area (Å²) < 4.78 is 5.02. The molecule has 1 amide bonds. The van der Waals surface area contributed by atoms with Crippen molar-refractivity contribution >= 4 is 17.5 Å². The van der Waals surface area contributed by atoms with Crippen molar-refractivity contribution in [3.8, 4) is 0 Å². The predicted molar refractivity (Wildman–Crippen MR) is 94.5 cm³/mol. The number of carbonyl (C=O) groups is 1. The summed E-state index contributed by atoms with van der Waals surface area (Å²) in [6.07, 6.45) is 7.42. The largest absolute Gasteiger partial charge is 0.384 e. The maximum Gasteiger partial charge on any atom is 0.225 e. The van der Waals surface area contributed by atoms with E-state index in [1.807, 2.05) is 24.0 Å². The molecule has 7 nitrogen and oxygen atoms in total. The van der Waals surface area contributed by atoms with Crippen molar-refractivity contribution in [3.63, 3.8) is 0 Å². The van der Waals surface area contributed by atoms with E-state index in [0.29, 0.717) is 18.8 Å². The van der Waals surface area contributed by atoms with E-state index >= 15 is 0 Å². The van der Waals surface area contributed by atoms with Gasteiger partial charge in [0.2, 0.25) is 5.91 Å². The molecular formula is C18H23N5O2. The number of likely N-dealkylation sites (tertiary alicyclic amines) is 1. The van der Waals surface area contributed by atoms with Crippen LogP contribution in [0.3, 0.4) is 0 Å². The third kappa shape index (κ3) is 4.11. The Balaban J connectivity index is 1.76. The Labute approximate surface area is 147 Å². The molecule has 1 fully saturated rings. The van der Waals surface area contributed by atoms with Gasteiger partial charge in [0.1, 0.15) is 11.6 Å². The molecule has 2 aromatic rings. The quantitative estimate of drug-likeness (QED) is 0.870. The first-order valence-electron chi connectivity index (χ1n) is 8.48. The number of nitrogens with zero attached hydrogens (tertiary/aromatic N) is 4. The summed E-state index contributed by atoms with van der Waals surface area (Å²) in [6.45, 7) is 3.18. The van der Waals surface area contributed by atoms with Gasteiger partial charge < -0.3 is 15.0 Å². The molecule has 0 saturated carbocycles. The first kappa shape index (κ1) is 17.3. The summed E-state index contributed by atoms with van der Waals surface area (Å²) >= 11 is 0. The monoisotopic (exact) mass is 341 g/mol. The van der Waals surface area contributed by atoms with Gasteiger partial charge in [0.15, 0.2) is 0 Å². The summed E-state index contributed by atoms with van der Waals surface area (Å²) in [5.41, 5.74) is 1.84. The number of pyridine rings is 1. The average Bonchev–Trinajstić information content (AvgIpc) is 3.12. The highest BCUT2D eigenvalue weighted by Gasteiger charge is 2.30. The second-order valence-corrected chi connectivity index (χ2v) is 6.11. The van der Waals surface area contributed by atoms with Crippen LogP contribution >= 0.6 is 0 Å². The normalized spacial score (nSPS) is 16.9. The molecule has 0 bridgehead atoms. The van der Waals surface area contributed by atoms with E-state index in [4.69, 9.17) is 4.74 Å². The van der Waals surface area contributed by atoms with E-state index in [1.165, 1.54) is 0 Å². The third-order valence-electron chi connectivity index (χ3n) is 4.34. The van der Waals surface area contributed by atoms with Crippen LogP contribution in [0, 0.1) is 6.92 Å². The summed E-state index contributed by atoms with van der Waals surface area (Å²) in [6, 6.07) is 3.85. The van der Waals surface area contributed by atoms with Crippen LogP contribution in [0.25, 0.3) is 0 Å². The minimum Gasteiger partial charge on any atom is -0.384 e. The lowest BCUT2D eigenvalue weighted by Gasteiger charge is -2.24. The van der Waals surface area contributed by atoms with Gasteiger partial charge in [-0.05, 0) is 31.4 Å². The van der Waals surface area contributed by atoms with Crippen LogP contribution in [0.2, 0.25) is 0 Å². The van der Waals surface area contributed by atoms with Crippen molar-refractivity contribution in [2.45, 2.75) is 32.2 Å². The topological polar surface area (TPSA) is 80.2 Å². The van der Waals surface area contributed by atoms with Crippen LogP contribution in [0.15, 0.2) is 30.7 Å². The molecule has 7 heteroatoms. The van der Waals surface area contributed by atoms with Gasteiger partial charge in [-0.25, -0.2) is 9.97 Å². The number of methoxy groups -OCH3 is 1. The molecule has 0 radical (unpaired) electrons. The van der Waals surface area contributed by atoms with E-state index < -0.39 is 0 Å². The fourth-order valence-corrected chi connectivity index (χ4v) is 3.05. The molecule has 1 saturated heterocycles. The van der Waals surface area contributed by atoms with Crippen molar-refractivity contribution in [1.82, 2.24) is 19.9 Å². The minimum atomic E-state index is -0.0246. The van der Waals surface area contributed by atoms with Gasteiger partial charge in [-0.1, -0.05) is 6.07 Å². The van der Waals surface area contributed by atoms with E-state index in [0.717, 1.165) is 36.5 Å². The Bertz CT molecular complexity index is 737. The Morgan fingerprint density at radius 2 is 2.32 bits per heavy atom. The smallest absolute Gasteiger partial charge is 0.225 e. The van der Waals surface area contributed by atoms with Gasteiger partial charge in [0.05, 0.1) is 37.2 Å². The molecule has 1 aliphatic heterocycles. The van der Waals surface area contributed by atoms with Crippen molar-refractivity contribution in [2.75, 3.05) is 25.6 Å². The van der Waals surface area contributed by atoms with E-state index in [1.54, 1.807) is 25.7 Å². The number of ether oxygens (including phenoxy) is 1. The van der Waals surface area contributed by atoms with Crippen molar-refractivity contribution in [2.24, 2.45) is 0 Å². The van der Waals surface area contributed by atoms with Crippen molar-refractivity contribution in [3.05, 3.63) is 42.0 Å². The first-order chi connectivity index (χ1) is 12.2. The Hall–Kier alpha value is -2.54. The maximum absolute atomic E-state index is 12.4. The van der Waals surface area contributed by atoms with Crippen LogP contribution in [0.4, 0.5) is 11.6 Å². The molecule has 0 aromatic carbocycles. The third-order valence-corrected chi connectivity index (χ3v) is 4.34. The summed E-state index contributed by atoms with van der Waals surface area (Å²) in [5.74, 6) is 1.49. The van der Waals surface area contributed by atoms with Gasteiger partial charge in [-0.3, -0.25) is 9.78 Å². The highest BCUT2D eigenvalue weighted by Crippen LogP contribution is 2.31. The van der Waals surface area contributed by atoms with Crippen LogP contribution in [-0.4, -0.2) is 46.0 Å². The SMILES string of the molecule is COCCC(=O)N1CCC[C@H]1c1cncc(Nc2ncccc2C)n1. The lowest BCUT2D eigenvalue weighted by molar-refractivity contribution is -0.133. The molecule has 1 N–H and O–H groups in total. The van der Waals surface area contributed by atoms with E-state index in [2.05, 4.69) is 20.3 Å². The Kier molecular flexibility index (Phi) is 5.55. The van der Waals surface area contributed by atoms with Gasteiger partial charge >= 0.3 is 0 Å². The summed E-state index contributed by atoms with van der Waals surface area (Å²) in [7, 11) is 1.61. The van der Waals surface area contributed by atoms with E-state index in [-0.39, 0.29) is 11.9 Å². The second-order valence-electron chi connectivity index (χ2n) is 6.11. The summed E-state index contributed by atoms with van der Waals surface area (Å²) in [4.78, 5) is 27.5. The van der Waals surface area contributed by atoms with Gasteiger partial charge in [0.25, 0.3) is 0 Å². The molecule has 1 atom stereocenters. The molecular weight excluding hydrogens is 318 g/mol. The van der Waals surface area contributed by atoms with Crippen molar-refractivity contribution in [1.29, 1.82) is 0 Å². The predicted octanol–water partition coefficient (Wildman–Crippen LogP) is 2.62. The fourth-order valence-electron chi connectivity index (χ4n) is 3.05. The van der Waals surface area contributed by atoms with Crippen LogP contribution in [0.1, 0.15) is 36.6 Å². The zero-order valence-electron chi connectivity index (χ0n) is 14.6. The average molecular weight is 341 g/mol. The number of aryl methyl sites for hydroxylation is 1. The highest BCUT2D eigenvalue weighted by molar-refractivity contribution is 5.77.